The van der Waals surface area contributed by atoms with Gasteiger partial charge in [-0.25, -0.2) is 0 Å². The Labute approximate surface area is 97.8 Å². The summed E-state index contributed by atoms with van der Waals surface area (Å²) in [7, 11) is 0. The molecule has 1 atom stereocenters. The molecule has 1 rings (SSSR count). The van der Waals surface area contributed by atoms with Gasteiger partial charge in [-0.2, -0.15) is 0 Å². The molecular formula is C13H21NO2. The second-order valence-electron chi connectivity index (χ2n) is 3.62. The summed E-state index contributed by atoms with van der Waals surface area (Å²) in [6, 6.07) is 7.77. The Bertz CT molecular complexity index is 302. The van der Waals surface area contributed by atoms with E-state index >= 15 is 0 Å². The molecule has 0 aliphatic rings. The summed E-state index contributed by atoms with van der Waals surface area (Å²) >= 11 is 0. The molecule has 16 heavy (non-hydrogen) atoms. The summed E-state index contributed by atoms with van der Waals surface area (Å²) < 4.78 is 11.3. The predicted molar refractivity (Wildman–Crippen MR) is 66.2 cm³/mol. The van der Waals surface area contributed by atoms with Crippen molar-refractivity contribution in [1.29, 1.82) is 0 Å². The van der Waals surface area contributed by atoms with Gasteiger partial charge >= 0.3 is 0 Å². The number of hydrogen-bond donors (Lipinski definition) is 1. The fourth-order valence-electron chi connectivity index (χ4n) is 1.43. The van der Waals surface area contributed by atoms with Crippen LogP contribution in [-0.4, -0.2) is 25.8 Å². The van der Waals surface area contributed by atoms with E-state index in [1.807, 2.05) is 38.1 Å². The van der Waals surface area contributed by atoms with Gasteiger partial charge in [0.1, 0.15) is 6.10 Å². The van der Waals surface area contributed by atoms with Crippen molar-refractivity contribution in [3.8, 4) is 11.5 Å². The Hall–Kier alpha value is -1.22. The molecule has 0 bridgehead atoms. The van der Waals surface area contributed by atoms with E-state index in [0.29, 0.717) is 6.61 Å². The first kappa shape index (κ1) is 12.8. The van der Waals surface area contributed by atoms with Gasteiger partial charge in [-0.15, -0.1) is 0 Å². The molecule has 0 saturated carbocycles. The third-order valence-corrected chi connectivity index (χ3v) is 2.16. The fourth-order valence-corrected chi connectivity index (χ4v) is 1.43. The van der Waals surface area contributed by atoms with Gasteiger partial charge in [-0.3, -0.25) is 0 Å². The van der Waals surface area contributed by atoms with Crippen molar-refractivity contribution in [2.24, 2.45) is 0 Å². The van der Waals surface area contributed by atoms with Crippen LogP contribution in [0.25, 0.3) is 0 Å². The van der Waals surface area contributed by atoms with Crippen LogP contribution in [0, 0.1) is 0 Å². The summed E-state index contributed by atoms with van der Waals surface area (Å²) in [4.78, 5) is 0. The van der Waals surface area contributed by atoms with Crippen molar-refractivity contribution in [3.63, 3.8) is 0 Å². The second kappa shape index (κ2) is 7.12. The van der Waals surface area contributed by atoms with Crippen LogP contribution in [0.1, 0.15) is 20.8 Å². The topological polar surface area (TPSA) is 30.5 Å². The zero-order valence-corrected chi connectivity index (χ0v) is 10.3. The number of nitrogens with one attached hydrogen (secondary N) is 1. The molecular weight excluding hydrogens is 202 g/mol. The Balaban J connectivity index is 2.57. The van der Waals surface area contributed by atoms with Gasteiger partial charge in [0.2, 0.25) is 0 Å². The van der Waals surface area contributed by atoms with Crippen molar-refractivity contribution in [2.75, 3.05) is 19.7 Å². The summed E-state index contributed by atoms with van der Waals surface area (Å²) in [6.07, 6.45) is 0.140. The van der Waals surface area contributed by atoms with Crippen molar-refractivity contribution >= 4 is 0 Å². The van der Waals surface area contributed by atoms with Crippen LogP contribution in [0.2, 0.25) is 0 Å². The van der Waals surface area contributed by atoms with Gasteiger partial charge < -0.3 is 14.8 Å². The number of ether oxygens (including phenoxy) is 2. The van der Waals surface area contributed by atoms with Crippen molar-refractivity contribution < 1.29 is 9.47 Å². The first-order valence-electron chi connectivity index (χ1n) is 5.87. The molecule has 1 unspecified atom stereocenters. The zero-order chi connectivity index (χ0) is 11.8. The third-order valence-electron chi connectivity index (χ3n) is 2.16. The number of hydrogen-bond acceptors (Lipinski definition) is 3. The maximum absolute atomic E-state index is 5.81. The van der Waals surface area contributed by atoms with Crippen LogP contribution in [0.5, 0.6) is 11.5 Å². The summed E-state index contributed by atoms with van der Waals surface area (Å²) in [6.45, 7) is 8.56. The van der Waals surface area contributed by atoms with E-state index < -0.39 is 0 Å². The molecule has 0 radical (unpaired) electrons. The zero-order valence-electron chi connectivity index (χ0n) is 10.3. The van der Waals surface area contributed by atoms with E-state index in [1.54, 1.807) is 0 Å². The average molecular weight is 223 g/mol. The Morgan fingerprint density at radius 3 is 2.50 bits per heavy atom. The molecule has 0 spiro atoms. The quantitative estimate of drug-likeness (QED) is 0.770. The molecule has 0 aliphatic carbocycles. The fraction of sp³-hybridized carbons (Fsp3) is 0.538. The van der Waals surface area contributed by atoms with Crippen LogP contribution in [0.3, 0.4) is 0 Å². The molecule has 0 aromatic heterocycles. The highest BCUT2D eigenvalue weighted by Crippen LogP contribution is 2.27. The monoisotopic (exact) mass is 223 g/mol. The standard InChI is InChI=1S/C13H21NO2/c1-4-14-10-11(3)16-13-9-7-6-8-12(13)15-5-2/h6-9,11,14H,4-5,10H2,1-3H3. The minimum atomic E-state index is 0.140. The molecule has 3 nitrogen and oxygen atoms in total. The van der Waals surface area contributed by atoms with E-state index in [4.69, 9.17) is 9.47 Å². The van der Waals surface area contributed by atoms with Crippen LogP contribution in [0.4, 0.5) is 0 Å². The van der Waals surface area contributed by atoms with Gasteiger partial charge in [-0.1, -0.05) is 19.1 Å². The first-order chi connectivity index (χ1) is 7.77. The molecule has 3 heteroatoms. The molecule has 0 saturated heterocycles. The van der Waals surface area contributed by atoms with Gasteiger partial charge in [0.05, 0.1) is 6.61 Å². The van der Waals surface area contributed by atoms with Gasteiger partial charge in [0.25, 0.3) is 0 Å². The molecule has 1 aromatic rings. The normalized spacial score (nSPS) is 12.2. The lowest BCUT2D eigenvalue weighted by Crippen LogP contribution is -2.28. The van der Waals surface area contributed by atoms with Crippen molar-refractivity contribution in [1.82, 2.24) is 5.32 Å². The van der Waals surface area contributed by atoms with E-state index in [1.165, 1.54) is 0 Å². The summed E-state index contributed by atoms with van der Waals surface area (Å²) in [5, 5.41) is 3.25. The lowest BCUT2D eigenvalue weighted by Gasteiger charge is -2.17. The first-order valence-corrected chi connectivity index (χ1v) is 5.87. The molecule has 0 aliphatic heterocycles. The van der Waals surface area contributed by atoms with Crippen LogP contribution >= 0.6 is 0 Å². The molecule has 1 N–H and O–H groups in total. The summed E-state index contributed by atoms with van der Waals surface area (Å²) in [5.74, 6) is 1.63. The van der Waals surface area contributed by atoms with E-state index in [-0.39, 0.29) is 6.10 Å². The van der Waals surface area contributed by atoms with Crippen LogP contribution in [-0.2, 0) is 0 Å². The number of rotatable bonds is 7. The van der Waals surface area contributed by atoms with Gasteiger partial charge in [0.15, 0.2) is 11.5 Å². The highest BCUT2D eigenvalue weighted by atomic mass is 16.5. The largest absolute Gasteiger partial charge is 0.490 e. The smallest absolute Gasteiger partial charge is 0.161 e. The summed E-state index contributed by atoms with van der Waals surface area (Å²) in [5.41, 5.74) is 0. The maximum Gasteiger partial charge on any atom is 0.161 e. The lowest BCUT2D eigenvalue weighted by molar-refractivity contribution is 0.204. The number of benzene rings is 1. The van der Waals surface area contributed by atoms with Crippen LogP contribution < -0.4 is 14.8 Å². The van der Waals surface area contributed by atoms with E-state index in [0.717, 1.165) is 24.6 Å². The van der Waals surface area contributed by atoms with Crippen molar-refractivity contribution in [2.45, 2.75) is 26.9 Å². The highest BCUT2D eigenvalue weighted by molar-refractivity contribution is 5.39. The molecule has 1 aromatic carbocycles. The lowest BCUT2D eigenvalue weighted by atomic mass is 10.3. The highest BCUT2D eigenvalue weighted by Gasteiger charge is 2.07. The second-order valence-corrected chi connectivity index (χ2v) is 3.62. The molecule has 0 heterocycles. The molecule has 90 valence electrons. The molecule has 0 fully saturated rings. The minimum absolute atomic E-state index is 0.140. The Morgan fingerprint density at radius 2 is 1.88 bits per heavy atom. The van der Waals surface area contributed by atoms with E-state index in [2.05, 4.69) is 12.2 Å². The molecule has 0 amide bonds. The van der Waals surface area contributed by atoms with Gasteiger partial charge in [-0.05, 0) is 32.5 Å². The van der Waals surface area contributed by atoms with Gasteiger partial charge in [0, 0.05) is 6.54 Å². The number of para-hydroxylation sites is 2. The predicted octanol–water partition coefficient (Wildman–Crippen LogP) is 2.46. The Kier molecular flexibility index (Phi) is 5.72. The SMILES string of the molecule is CCNCC(C)Oc1ccccc1OCC. The maximum atomic E-state index is 5.81. The average Bonchev–Trinajstić information content (AvgIpc) is 2.29. The van der Waals surface area contributed by atoms with E-state index in [9.17, 15) is 0 Å². The van der Waals surface area contributed by atoms with Crippen LogP contribution in [0.15, 0.2) is 24.3 Å². The number of likely N-dealkylation sites (N-methyl/N-ethyl adjacent to an activating group) is 1. The third kappa shape index (κ3) is 4.11. The minimum Gasteiger partial charge on any atom is -0.490 e. The van der Waals surface area contributed by atoms with Crippen molar-refractivity contribution in [3.05, 3.63) is 24.3 Å². The Morgan fingerprint density at radius 1 is 1.19 bits per heavy atom.